The number of benzene rings is 2. The number of hydrogen-bond acceptors (Lipinski definition) is 7. The summed E-state index contributed by atoms with van der Waals surface area (Å²) < 4.78 is 66.7. The second-order valence-electron chi connectivity index (χ2n) is 6.49. The number of rotatable bonds is 8. The van der Waals surface area contributed by atoms with E-state index < -0.39 is 25.7 Å². The molecular formula is C21H19ClF3N2O5P. The van der Waals surface area contributed by atoms with Crippen molar-refractivity contribution in [2.45, 2.75) is 33.4 Å². The van der Waals surface area contributed by atoms with Crippen LogP contribution in [0.3, 0.4) is 0 Å². The third-order valence-electron chi connectivity index (χ3n) is 4.24. The van der Waals surface area contributed by atoms with Crippen molar-refractivity contribution in [3.05, 3.63) is 52.0 Å². The van der Waals surface area contributed by atoms with E-state index in [9.17, 15) is 27.8 Å². The standard InChI is InChI=1S/C21H19ClF3N2O5P/c1-4-13-8-14(11-26)19(33(29)32-27-12(3)20(28)30-5-2)10-18(13)31-17-7-6-15(9-16(17)22)21(23,24)25/h6-10,33H,4-5H2,1-3H3. The van der Waals surface area contributed by atoms with Gasteiger partial charge in [0.15, 0.2) is 5.71 Å². The van der Waals surface area contributed by atoms with Gasteiger partial charge in [-0.1, -0.05) is 23.7 Å². The van der Waals surface area contributed by atoms with Gasteiger partial charge < -0.3 is 14.1 Å². The third kappa shape index (κ3) is 6.73. The van der Waals surface area contributed by atoms with Crippen LogP contribution in [0.25, 0.3) is 0 Å². The predicted octanol–water partition coefficient (Wildman–Crippen LogP) is 5.64. The van der Waals surface area contributed by atoms with Gasteiger partial charge in [-0.3, -0.25) is 4.57 Å². The number of oxime groups is 1. The average molecular weight is 503 g/mol. The number of halogens is 4. The molecule has 1 unspecified atom stereocenters. The number of esters is 1. The average Bonchev–Trinajstić information content (AvgIpc) is 2.77. The minimum Gasteiger partial charge on any atom is -0.461 e. The van der Waals surface area contributed by atoms with Crippen LogP contribution in [-0.4, -0.2) is 18.3 Å². The van der Waals surface area contributed by atoms with Crippen molar-refractivity contribution in [1.29, 1.82) is 5.26 Å². The van der Waals surface area contributed by atoms with Crippen LogP contribution in [0.2, 0.25) is 5.02 Å². The van der Waals surface area contributed by atoms with E-state index >= 15 is 0 Å². The van der Waals surface area contributed by atoms with Crippen molar-refractivity contribution in [1.82, 2.24) is 0 Å². The van der Waals surface area contributed by atoms with E-state index in [2.05, 4.69) is 5.16 Å². The molecule has 176 valence electrons. The van der Waals surface area contributed by atoms with Crippen molar-refractivity contribution in [3.8, 4) is 17.6 Å². The smallest absolute Gasteiger partial charge is 0.416 e. The lowest BCUT2D eigenvalue weighted by atomic mass is 10.1. The largest absolute Gasteiger partial charge is 0.461 e. The Morgan fingerprint density at radius 3 is 2.45 bits per heavy atom. The normalized spacial score (nSPS) is 12.6. The molecule has 2 rings (SSSR count). The SMILES string of the molecule is CCOC(=O)C(C)=NO[PH](=O)c1cc(Oc2ccc(C(F)(F)F)cc2Cl)c(CC)cc1C#N. The summed E-state index contributed by atoms with van der Waals surface area (Å²) in [5.74, 6) is -0.692. The summed E-state index contributed by atoms with van der Waals surface area (Å²) >= 11 is 5.96. The van der Waals surface area contributed by atoms with Crippen molar-refractivity contribution >= 4 is 36.6 Å². The van der Waals surface area contributed by atoms with E-state index in [4.69, 9.17) is 25.7 Å². The molecule has 0 saturated carbocycles. The van der Waals surface area contributed by atoms with Gasteiger partial charge in [0.1, 0.15) is 17.6 Å². The Hall–Kier alpha value is -3.02. The topological polar surface area (TPSA) is 98.0 Å². The van der Waals surface area contributed by atoms with E-state index in [1.807, 2.05) is 6.07 Å². The molecule has 0 aliphatic heterocycles. The molecule has 0 aliphatic carbocycles. The first kappa shape index (κ1) is 26.2. The van der Waals surface area contributed by atoms with Crippen LogP contribution in [0.4, 0.5) is 13.2 Å². The predicted molar refractivity (Wildman–Crippen MR) is 117 cm³/mol. The third-order valence-corrected chi connectivity index (χ3v) is 5.64. The molecular weight excluding hydrogens is 484 g/mol. The summed E-state index contributed by atoms with van der Waals surface area (Å²) in [4.78, 5) is 11.6. The summed E-state index contributed by atoms with van der Waals surface area (Å²) in [6.45, 7) is 4.79. The fourth-order valence-corrected chi connectivity index (χ4v) is 3.70. The number of nitrogens with zero attached hydrogens (tertiary/aromatic N) is 2. The van der Waals surface area contributed by atoms with Gasteiger partial charge in [0, 0.05) is 0 Å². The molecule has 0 heterocycles. The molecule has 0 fully saturated rings. The zero-order valence-electron chi connectivity index (χ0n) is 17.7. The Bertz CT molecular complexity index is 1150. The van der Waals surface area contributed by atoms with Crippen molar-refractivity contribution in [3.63, 3.8) is 0 Å². The van der Waals surface area contributed by atoms with Gasteiger partial charge in [-0.25, -0.2) is 4.79 Å². The fraction of sp³-hybridized carbons (Fsp3) is 0.286. The van der Waals surface area contributed by atoms with Gasteiger partial charge in [0.2, 0.25) is 0 Å². The number of aryl methyl sites for hydroxylation is 1. The van der Waals surface area contributed by atoms with Crippen molar-refractivity contribution < 1.29 is 36.6 Å². The Morgan fingerprint density at radius 1 is 1.21 bits per heavy atom. The fourth-order valence-electron chi connectivity index (χ4n) is 2.57. The monoisotopic (exact) mass is 502 g/mol. The highest BCUT2D eigenvalue weighted by Gasteiger charge is 2.31. The lowest BCUT2D eigenvalue weighted by molar-refractivity contribution is -0.137. The summed E-state index contributed by atoms with van der Waals surface area (Å²) in [5, 5.41) is 12.6. The van der Waals surface area contributed by atoms with Crippen LogP contribution in [-0.2, 0) is 31.3 Å². The Morgan fingerprint density at radius 2 is 1.91 bits per heavy atom. The van der Waals surface area contributed by atoms with E-state index in [0.717, 1.165) is 18.2 Å². The highest BCUT2D eigenvalue weighted by Crippen LogP contribution is 2.38. The van der Waals surface area contributed by atoms with Crippen LogP contribution < -0.4 is 10.0 Å². The van der Waals surface area contributed by atoms with Crippen LogP contribution in [0.5, 0.6) is 11.5 Å². The number of nitriles is 1. The lowest BCUT2D eigenvalue weighted by Crippen LogP contribution is -2.14. The molecule has 0 saturated heterocycles. The first-order valence-corrected chi connectivity index (χ1v) is 11.3. The maximum absolute atomic E-state index is 12.9. The molecule has 0 aliphatic rings. The molecule has 0 aromatic heterocycles. The number of hydrogen-bond donors (Lipinski definition) is 0. The molecule has 1 atom stereocenters. The van der Waals surface area contributed by atoms with E-state index in [0.29, 0.717) is 12.0 Å². The minimum absolute atomic E-state index is 0.0330. The van der Waals surface area contributed by atoms with Gasteiger partial charge in [-0.15, -0.1) is 0 Å². The Labute approximate surface area is 193 Å². The number of carbonyl (C=O) groups is 1. The number of alkyl halides is 3. The van der Waals surface area contributed by atoms with Gasteiger partial charge in [-0.05, 0) is 56.2 Å². The van der Waals surface area contributed by atoms with E-state index in [-0.39, 0.29) is 39.7 Å². The zero-order chi connectivity index (χ0) is 24.8. The molecule has 12 heteroatoms. The van der Waals surface area contributed by atoms with Crippen LogP contribution in [0.1, 0.15) is 37.5 Å². The molecule has 0 bridgehead atoms. The number of ether oxygens (including phenoxy) is 2. The van der Waals surface area contributed by atoms with Gasteiger partial charge in [-0.2, -0.15) is 18.4 Å². The van der Waals surface area contributed by atoms with E-state index in [1.54, 1.807) is 13.8 Å². The van der Waals surface area contributed by atoms with Gasteiger partial charge in [0.25, 0.3) is 8.03 Å². The summed E-state index contributed by atoms with van der Waals surface area (Å²) in [6.07, 6.45) is -4.18. The molecule has 0 radical (unpaired) electrons. The van der Waals surface area contributed by atoms with Gasteiger partial charge >= 0.3 is 12.1 Å². The number of carbonyl (C=O) groups excluding carboxylic acids is 1. The lowest BCUT2D eigenvalue weighted by Gasteiger charge is -2.15. The highest BCUT2D eigenvalue weighted by atomic mass is 35.5. The quantitative estimate of drug-likeness (QED) is 0.200. The summed E-state index contributed by atoms with van der Waals surface area (Å²) in [5.41, 5.74) is -0.561. The van der Waals surface area contributed by atoms with E-state index in [1.165, 1.54) is 19.1 Å². The first-order chi connectivity index (χ1) is 15.5. The zero-order valence-corrected chi connectivity index (χ0v) is 19.5. The molecule has 0 amide bonds. The minimum atomic E-state index is -4.57. The molecule has 0 spiro atoms. The van der Waals surface area contributed by atoms with Crippen molar-refractivity contribution in [2.24, 2.45) is 5.16 Å². The second-order valence-corrected chi connectivity index (χ2v) is 8.20. The first-order valence-electron chi connectivity index (χ1n) is 9.56. The molecule has 0 N–H and O–H groups in total. The molecule has 2 aromatic carbocycles. The summed E-state index contributed by atoms with van der Waals surface area (Å²) in [7, 11) is -3.15. The maximum Gasteiger partial charge on any atom is 0.416 e. The van der Waals surface area contributed by atoms with Crippen LogP contribution >= 0.6 is 19.6 Å². The van der Waals surface area contributed by atoms with Crippen LogP contribution in [0.15, 0.2) is 35.5 Å². The van der Waals surface area contributed by atoms with Crippen LogP contribution in [0, 0.1) is 11.3 Å². The summed E-state index contributed by atoms with van der Waals surface area (Å²) in [6, 6.07) is 7.22. The Balaban J connectivity index is 2.40. The van der Waals surface area contributed by atoms with Gasteiger partial charge in [0.05, 0.1) is 28.1 Å². The second kappa shape index (κ2) is 11.2. The van der Waals surface area contributed by atoms with Crippen molar-refractivity contribution in [2.75, 3.05) is 6.61 Å². The molecule has 2 aromatic rings. The highest BCUT2D eigenvalue weighted by molar-refractivity contribution is 7.48. The molecule has 33 heavy (non-hydrogen) atoms. The molecule has 7 nitrogen and oxygen atoms in total. The maximum atomic E-state index is 12.9. The Kier molecular flexibility index (Phi) is 8.91.